The average Bonchev–Trinajstić information content (AvgIpc) is 3.14. The van der Waals surface area contributed by atoms with Crippen LogP contribution in [0.2, 0.25) is 0 Å². The fourth-order valence-electron chi connectivity index (χ4n) is 3.47. The summed E-state index contributed by atoms with van der Waals surface area (Å²) in [4.78, 5) is 6.84. The number of alkyl halides is 3. The molecular formula is C22H27F3N2S. The summed E-state index contributed by atoms with van der Waals surface area (Å²) in [6.45, 7) is 2.86. The van der Waals surface area contributed by atoms with Crippen molar-refractivity contribution in [1.29, 1.82) is 0 Å². The van der Waals surface area contributed by atoms with Gasteiger partial charge in [0.1, 0.15) is 0 Å². The van der Waals surface area contributed by atoms with Crippen LogP contribution in [0.5, 0.6) is 0 Å². The normalized spacial score (nSPS) is 23.1. The van der Waals surface area contributed by atoms with Gasteiger partial charge in [-0.2, -0.15) is 13.2 Å². The number of allylic oxidation sites excluding steroid dienone is 4. The van der Waals surface area contributed by atoms with Crippen molar-refractivity contribution in [2.45, 2.75) is 51.6 Å². The van der Waals surface area contributed by atoms with Crippen molar-refractivity contribution in [3.8, 4) is 0 Å². The highest BCUT2D eigenvalue weighted by Crippen LogP contribution is 2.34. The smallest absolute Gasteiger partial charge is 0.320 e. The second kappa shape index (κ2) is 9.68. The number of halogens is 3. The summed E-state index contributed by atoms with van der Waals surface area (Å²) in [7, 11) is 0. The van der Waals surface area contributed by atoms with Crippen LogP contribution < -0.4 is 4.90 Å². The van der Waals surface area contributed by atoms with Gasteiger partial charge in [-0.05, 0) is 62.6 Å². The van der Waals surface area contributed by atoms with E-state index in [0.717, 1.165) is 61.2 Å². The number of amidine groups is 1. The molecular weight excluding hydrogens is 381 g/mol. The topological polar surface area (TPSA) is 15.6 Å². The first-order chi connectivity index (χ1) is 13.5. The van der Waals surface area contributed by atoms with Crippen LogP contribution in [-0.4, -0.2) is 17.5 Å². The van der Waals surface area contributed by atoms with Crippen LogP contribution in [0.3, 0.4) is 0 Å². The molecule has 1 aliphatic carbocycles. The van der Waals surface area contributed by atoms with E-state index in [1.165, 1.54) is 12.1 Å². The third-order valence-electron chi connectivity index (χ3n) is 5.11. The molecule has 3 rings (SSSR count). The van der Waals surface area contributed by atoms with Crippen molar-refractivity contribution in [2.75, 3.05) is 17.2 Å². The monoisotopic (exact) mass is 408 g/mol. The van der Waals surface area contributed by atoms with Gasteiger partial charge in [0, 0.05) is 23.7 Å². The van der Waals surface area contributed by atoms with Crippen molar-refractivity contribution in [2.24, 2.45) is 10.9 Å². The SMILES string of the molecule is CCC1C=C(N=C2SCCN2c2cccc(C(F)(F)F)c2)CCCCC=CC1. The first kappa shape index (κ1) is 21.0. The van der Waals surface area contributed by atoms with E-state index >= 15 is 0 Å². The number of nitrogens with zero attached hydrogens (tertiary/aromatic N) is 2. The molecule has 28 heavy (non-hydrogen) atoms. The summed E-state index contributed by atoms with van der Waals surface area (Å²) in [5.41, 5.74) is 1.02. The lowest BCUT2D eigenvalue weighted by Crippen LogP contribution is -2.24. The number of benzene rings is 1. The molecule has 0 spiro atoms. The van der Waals surface area contributed by atoms with Gasteiger partial charge < -0.3 is 4.90 Å². The van der Waals surface area contributed by atoms with Gasteiger partial charge in [-0.25, -0.2) is 4.99 Å². The number of aliphatic imine (C=N–C) groups is 1. The molecule has 152 valence electrons. The maximum Gasteiger partial charge on any atom is 0.416 e. The minimum atomic E-state index is -4.33. The predicted octanol–water partition coefficient (Wildman–Crippen LogP) is 7.05. The summed E-state index contributed by atoms with van der Waals surface area (Å²) >= 11 is 1.62. The molecule has 1 aromatic rings. The second-order valence-corrected chi connectivity index (χ2v) is 8.28. The summed E-state index contributed by atoms with van der Waals surface area (Å²) in [5.74, 6) is 1.30. The Kier molecular flexibility index (Phi) is 7.27. The van der Waals surface area contributed by atoms with Crippen LogP contribution in [-0.2, 0) is 6.18 Å². The molecule has 0 radical (unpaired) electrons. The maximum absolute atomic E-state index is 13.1. The predicted molar refractivity (Wildman–Crippen MR) is 113 cm³/mol. The van der Waals surface area contributed by atoms with Crippen LogP contribution >= 0.6 is 11.8 Å². The van der Waals surface area contributed by atoms with Gasteiger partial charge in [0.05, 0.1) is 5.56 Å². The van der Waals surface area contributed by atoms with E-state index in [0.29, 0.717) is 18.2 Å². The third kappa shape index (κ3) is 5.66. The lowest BCUT2D eigenvalue weighted by atomic mass is 9.97. The Labute approximate surface area is 169 Å². The van der Waals surface area contributed by atoms with E-state index in [1.807, 2.05) is 4.90 Å². The van der Waals surface area contributed by atoms with Gasteiger partial charge in [0.25, 0.3) is 0 Å². The second-order valence-electron chi connectivity index (χ2n) is 7.22. The standard InChI is InChI=1S/C22H27F3N2S/c1-2-17-9-6-4-3-5-7-11-19(15-17)26-21-27(13-14-28-21)20-12-8-10-18(16-20)22(23,24)25/h4,6,8,10,12,15-17H,2-3,5,7,9,11,13-14H2,1H3. The van der Waals surface area contributed by atoms with Crippen LogP contribution in [0.15, 0.2) is 53.2 Å². The van der Waals surface area contributed by atoms with Crippen molar-refractivity contribution in [1.82, 2.24) is 0 Å². The zero-order valence-corrected chi connectivity index (χ0v) is 17.0. The highest BCUT2D eigenvalue weighted by molar-refractivity contribution is 8.14. The summed E-state index contributed by atoms with van der Waals surface area (Å²) < 4.78 is 39.3. The lowest BCUT2D eigenvalue weighted by Gasteiger charge is -2.20. The third-order valence-corrected chi connectivity index (χ3v) is 6.07. The van der Waals surface area contributed by atoms with E-state index < -0.39 is 11.7 Å². The Morgan fingerprint density at radius 2 is 2.07 bits per heavy atom. The highest BCUT2D eigenvalue weighted by atomic mass is 32.2. The van der Waals surface area contributed by atoms with E-state index in [-0.39, 0.29) is 0 Å². The molecule has 0 N–H and O–H groups in total. The van der Waals surface area contributed by atoms with Crippen LogP contribution in [0.4, 0.5) is 18.9 Å². The average molecular weight is 409 g/mol. The Morgan fingerprint density at radius 1 is 1.21 bits per heavy atom. The van der Waals surface area contributed by atoms with Crippen LogP contribution in [0.1, 0.15) is 51.0 Å². The van der Waals surface area contributed by atoms with Crippen molar-refractivity contribution in [3.05, 3.63) is 53.8 Å². The lowest BCUT2D eigenvalue weighted by molar-refractivity contribution is -0.137. The molecule has 0 saturated carbocycles. The molecule has 2 aliphatic rings. The van der Waals surface area contributed by atoms with Crippen LogP contribution in [0.25, 0.3) is 0 Å². The van der Waals surface area contributed by atoms with E-state index in [2.05, 4.69) is 25.2 Å². The van der Waals surface area contributed by atoms with E-state index in [9.17, 15) is 13.2 Å². The molecule has 0 aromatic heterocycles. The quantitative estimate of drug-likeness (QED) is 0.498. The van der Waals surface area contributed by atoms with Gasteiger partial charge in [-0.3, -0.25) is 0 Å². The first-order valence-electron chi connectivity index (χ1n) is 9.99. The minimum absolute atomic E-state index is 0.460. The summed E-state index contributed by atoms with van der Waals surface area (Å²) in [6.07, 6.45) is 8.80. The van der Waals surface area contributed by atoms with E-state index in [4.69, 9.17) is 4.99 Å². The van der Waals surface area contributed by atoms with Gasteiger partial charge in [0.2, 0.25) is 0 Å². The maximum atomic E-state index is 13.1. The highest BCUT2D eigenvalue weighted by Gasteiger charge is 2.31. The van der Waals surface area contributed by atoms with Crippen molar-refractivity contribution >= 4 is 22.6 Å². The van der Waals surface area contributed by atoms with Crippen molar-refractivity contribution in [3.63, 3.8) is 0 Å². The number of thioether (sulfide) groups is 1. The van der Waals surface area contributed by atoms with Gasteiger partial charge in [0.15, 0.2) is 5.17 Å². The Hall–Kier alpha value is -1.69. The zero-order valence-electron chi connectivity index (χ0n) is 16.2. The summed E-state index contributed by atoms with van der Waals surface area (Å²) in [5, 5.41) is 0.813. The Morgan fingerprint density at radius 3 is 2.86 bits per heavy atom. The minimum Gasteiger partial charge on any atom is -0.320 e. The molecule has 1 fully saturated rings. The zero-order chi connectivity index (χ0) is 20.0. The molecule has 1 saturated heterocycles. The molecule has 1 aliphatic heterocycles. The van der Waals surface area contributed by atoms with Crippen molar-refractivity contribution < 1.29 is 13.2 Å². The largest absolute Gasteiger partial charge is 0.416 e. The molecule has 1 aromatic carbocycles. The fourth-order valence-corrected chi connectivity index (χ4v) is 4.46. The fraction of sp³-hybridized carbons (Fsp3) is 0.500. The molecule has 0 amide bonds. The first-order valence-corrected chi connectivity index (χ1v) is 11.0. The van der Waals surface area contributed by atoms with Gasteiger partial charge in [-0.1, -0.05) is 43.0 Å². The Bertz CT molecular complexity index is 752. The summed E-state index contributed by atoms with van der Waals surface area (Å²) in [6, 6.07) is 5.55. The molecule has 0 bridgehead atoms. The van der Waals surface area contributed by atoms with Gasteiger partial charge >= 0.3 is 6.18 Å². The molecule has 1 heterocycles. The number of hydrogen-bond donors (Lipinski definition) is 0. The molecule has 2 nitrogen and oxygen atoms in total. The van der Waals surface area contributed by atoms with Crippen LogP contribution in [0, 0.1) is 5.92 Å². The van der Waals surface area contributed by atoms with Gasteiger partial charge in [-0.15, -0.1) is 0 Å². The molecule has 1 atom stereocenters. The number of anilines is 1. The van der Waals surface area contributed by atoms with E-state index in [1.54, 1.807) is 17.8 Å². The Balaban J connectivity index is 1.87. The molecule has 1 unspecified atom stereocenters. The number of rotatable bonds is 3. The molecule has 6 heteroatoms. The number of hydrogen-bond acceptors (Lipinski definition) is 2.